The van der Waals surface area contributed by atoms with E-state index in [1.807, 2.05) is 6.07 Å². The van der Waals surface area contributed by atoms with E-state index in [1.54, 1.807) is 0 Å². The van der Waals surface area contributed by atoms with Crippen LogP contribution in [0.5, 0.6) is 0 Å². The van der Waals surface area contributed by atoms with Crippen molar-refractivity contribution in [3.05, 3.63) is 35.4 Å². The molecule has 0 heterocycles. The topological polar surface area (TPSA) is 20.2 Å². The van der Waals surface area contributed by atoms with E-state index in [4.69, 9.17) is 0 Å². The summed E-state index contributed by atoms with van der Waals surface area (Å²) in [6.07, 6.45) is 2.94. The molecule has 1 N–H and O–H groups in total. The van der Waals surface area contributed by atoms with E-state index in [2.05, 4.69) is 32.0 Å². The van der Waals surface area contributed by atoms with Gasteiger partial charge in [-0.2, -0.15) is 0 Å². The average molecular weight is 190 g/mol. The third-order valence-corrected chi connectivity index (χ3v) is 3.46. The van der Waals surface area contributed by atoms with Gasteiger partial charge in [0.25, 0.3) is 0 Å². The molecule has 1 heteroatoms. The summed E-state index contributed by atoms with van der Waals surface area (Å²) in [5.74, 6) is 0.361. The SMILES string of the molecule is CCCC1(O)c2ccccc2CC1C. The number of hydrogen-bond acceptors (Lipinski definition) is 1. The van der Waals surface area contributed by atoms with Gasteiger partial charge in [0.05, 0.1) is 5.60 Å². The monoisotopic (exact) mass is 190 g/mol. The van der Waals surface area contributed by atoms with Gasteiger partial charge in [0.15, 0.2) is 0 Å². The van der Waals surface area contributed by atoms with Gasteiger partial charge in [0.1, 0.15) is 0 Å². The number of benzene rings is 1. The smallest absolute Gasteiger partial charge is 0.0927 e. The lowest BCUT2D eigenvalue weighted by Gasteiger charge is -2.28. The van der Waals surface area contributed by atoms with Crippen LogP contribution in [-0.2, 0) is 12.0 Å². The Balaban J connectivity index is 2.43. The van der Waals surface area contributed by atoms with Crippen LogP contribution in [-0.4, -0.2) is 5.11 Å². The molecule has 14 heavy (non-hydrogen) atoms. The van der Waals surface area contributed by atoms with Crippen LogP contribution in [0.3, 0.4) is 0 Å². The Morgan fingerprint density at radius 2 is 2.14 bits per heavy atom. The zero-order valence-corrected chi connectivity index (χ0v) is 8.96. The van der Waals surface area contributed by atoms with Crippen molar-refractivity contribution >= 4 is 0 Å². The van der Waals surface area contributed by atoms with Crippen molar-refractivity contribution in [3.63, 3.8) is 0 Å². The summed E-state index contributed by atoms with van der Waals surface area (Å²) >= 11 is 0. The average Bonchev–Trinajstić information content (AvgIpc) is 2.41. The van der Waals surface area contributed by atoms with Gasteiger partial charge in [-0.25, -0.2) is 0 Å². The van der Waals surface area contributed by atoms with E-state index in [-0.39, 0.29) is 0 Å². The maximum absolute atomic E-state index is 10.6. The number of fused-ring (bicyclic) bond motifs is 1. The van der Waals surface area contributed by atoms with E-state index in [0.29, 0.717) is 5.92 Å². The highest BCUT2D eigenvalue weighted by molar-refractivity contribution is 5.38. The van der Waals surface area contributed by atoms with Crippen LogP contribution in [0.2, 0.25) is 0 Å². The number of aliphatic hydroxyl groups is 1. The first-order valence-electron chi connectivity index (χ1n) is 5.49. The van der Waals surface area contributed by atoms with Crippen molar-refractivity contribution in [1.29, 1.82) is 0 Å². The fourth-order valence-electron chi connectivity index (χ4n) is 2.65. The van der Waals surface area contributed by atoms with Crippen LogP contribution in [0.25, 0.3) is 0 Å². The third kappa shape index (κ3) is 1.27. The van der Waals surface area contributed by atoms with Gasteiger partial charge in [-0.05, 0) is 29.9 Å². The molecular weight excluding hydrogens is 172 g/mol. The largest absolute Gasteiger partial charge is 0.385 e. The van der Waals surface area contributed by atoms with Gasteiger partial charge in [-0.3, -0.25) is 0 Å². The molecule has 2 rings (SSSR count). The zero-order valence-electron chi connectivity index (χ0n) is 8.96. The van der Waals surface area contributed by atoms with Crippen molar-refractivity contribution in [2.24, 2.45) is 5.92 Å². The van der Waals surface area contributed by atoms with Crippen molar-refractivity contribution in [2.75, 3.05) is 0 Å². The Bertz CT molecular complexity index is 332. The second kappa shape index (κ2) is 3.39. The molecule has 1 aromatic carbocycles. The molecule has 0 aliphatic heterocycles. The summed E-state index contributed by atoms with van der Waals surface area (Å²) < 4.78 is 0. The Hall–Kier alpha value is -0.820. The summed E-state index contributed by atoms with van der Waals surface area (Å²) in [5.41, 5.74) is 1.93. The molecule has 0 bridgehead atoms. The molecule has 2 atom stereocenters. The number of hydrogen-bond donors (Lipinski definition) is 1. The Morgan fingerprint density at radius 3 is 2.86 bits per heavy atom. The minimum absolute atomic E-state index is 0.361. The molecule has 0 saturated carbocycles. The molecular formula is C13H18O. The van der Waals surface area contributed by atoms with Crippen LogP contribution in [0.4, 0.5) is 0 Å². The molecule has 0 amide bonds. The first-order chi connectivity index (χ1) is 6.68. The highest BCUT2D eigenvalue weighted by Crippen LogP contribution is 2.43. The Morgan fingerprint density at radius 1 is 1.43 bits per heavy atom. The second-order valence-corrected chi connectivity index (χ2v) is 4.44. The summed E-state index contributed by atoms with van der Waals surface area (Å²) in [6.45, 7) is 4.28. The minimum Gasteiger partial charge on any atom is -0.385 e. The summed E-state index contributed by atoms with van der Waals surface area (Å²) in [6, 6.07) is 8.30. The molecule has 1 nitrogen and oxygen atoms in total. The summed E-state index contributed by atoms with van der Waals surface area (Å²) in [4.78, 5) is 0. The fraction of sp³-hybridized carbons (Fsp3) is 0.538. The number of rotatable bonds is 2. The van der Waals surface area contributed by atoms with Gasteiger partial charge >= 0.3 is 0 Å². The molecule has 0 fully saturated rings. The van der Waals surface area contributed by atoms with Gasteiger partial charge < -0.3 is 5.11 Å². The van der Waals surface area contributed by atoms with E-state index in [0.717, 1.165) is 24.8 Å². The molecule has 76 valence electrons. The molecule has 2 unspecified atom stereocenters. The van der Waals surface area contributed by atoms with Crippen molar-refractivity contribution in [3.8, 4) is 0 Å². The highest BCUT2D eigenvalue weighted by atomic mass is 16.3. The third-order valence-electron chi connectivity index (χ3n) is 3.46. The quantitative estimate of drug-likeness (QED) is 0.760. The molecule has 1 aromatic rings. The first kappa shape index (κ1) is 9.72. The van der Waals surface area contributed by atoms with E-state index < -0.39 is 5.60 Å². The predicted molar refractivity (Wildman–Crippen MR) is 58.1 cm³/mol. The van der Waals surface area contributed by atoms with Crippen molar-refractivity contribution in [1.82, 2.24) is 0 Å². The first-order valence-corrected chi connectivity index (χ1v) is 5.49. The van der Waals surface area contributed by atoms with E-state index >= 15 is 0 Å². The van der Waals surface area contributed by atoms with Crippen LogP contribution in [0, 0.1) is 5.92 Å². The molecule has 0 aromatic heterocycles. The van der Waals surface area contributed by atoms with Crippen molar-refractivity contribution < 1.29 is 5.11 Å². The highest BCUT2D eigenvalue weighted by Gasteiger charge is 2.41. The predicted octanol–water partition coefficient (Wildman–Crippen LogP) is 2.87. The standard InChI is InChI=1S/C13H18O/c1-3-8-13(14)10(2)9-11-6-4-5-7-12(11)13/h4-7,10,14H,3,8-9H2,1-2H3. The summed E-state index contributed by atoms with van der Waals surface area (Å²) in [7, 11) is 0. The van der Waals surface area contributed by atoms with Crippen LogP contribution in [0.15, 0.2) is 24.3 Å². The van der Waals surface area contributed by atoms with E-state index in [9.17, 15) is 5.11 Å². The normalized spacial score (nSPS) is 30.4. The van der Waals surface area contributed by atoms with Gasteiger partial charge in [-0.15, -0.1) is 0 Å². The Kier molecular flexibility index (Phi) is 2.36. The van der Waals surface area contributed by atoms with Crippen LogP contribution >= 0.6 is 0 Å². The second-order valence-electron chi connectivity index (χ2n) is 4.44. The molecule has 0 radical (unpaired) electrons. The molecule has 1 aliphatic rings. The van der Waals surface area contributed by atoms with Gasteiger partial charge in [0, 0.05) is 0 Å². The molecule has 0 saturated heterocycles. The minimum atomic E-state index is -0.564. The van der Waals surface area contributed by atoms with Gasteiger partial charge in [-0.1, -0.05) is 44.5 Å². The fourth-order valence-corrected chi connectivity index (χ4v) is 2.65. The lowest BCUT2D eigenvalue weighted by Crippen LogP contribution is -2.29. The van der Waals surface area contributed by atoms with Gasteiger partial charge in [0.2, 0.25) is 0 Å². The lowest BCUT2D eigenvalue weighted by atomic mass is 9.84. The van der Waals surface area contributed by atoms with Crippen molar-refractivity contribution in [2.45, 2.75) is 38.7 Å². The lowest BCUT2D eigenvalue weighted by molar-refractivity contribution is -0.0131. The van der Waals surface area contributed by atoms with E-state index in [1.165, 1.54) is 5.56 Å². The Labute approximate surface area is 85.8 Å². The van der Waals surface area contributed by atoms with Crippen LogP contribution < -0.4 is 0 Å². The molecule has 0 spiro atoms. The maximum Gasteiger partial charge on any atom is 0.0927 e. The zero-order chi connectivity index (χ0) is 10.2. The molecule has 1 aliphatic carbocycles. The maximum atomic E-state index is 10.6. The van der Waals surface area contributed by atoms with Crippen LogP contribution in [0.1, 0.15) is 37.8 Å². The summed E-state index contributed by atoms with van der Waals surface area (Å²) in [5, 5.41) is 10.6.